The third kappa shape index (κ3) is 4.50. The van der Waals surface area contributed by atoms with Crippen LogP contribution in [0.3, 0.4) is 0 Å². The largest absolute Gasteiger partial charge is 0.456 e. The molecule has 29 heavy (non-hydrogen) atoms. The van der Waals surface area contributed by atoms with E-state index in [0.717, 1.165) is 58.0 Å². The molecule has 0 radical (unpaired) electrons. The molecule has 0 saturated heterocycles. The maximum Gasteiger partial charge on any atom is 0.246 e. The smallest absolute Gasteiger partial charge is 0.246 e. The molecule has 0 bridgehead atoms. The lowest BCUT2D eigenvalue weighted by atomic mass is 10.0. The number of furan rings is 1. The first-order valence-electron chi connectivity index (χ1n) is 9.41. The van der Waals surface area contributed by atoms with E-state index in [1.807, 2.05) is 42.5 Å². The normalized spacial score (nSPS) is 14.0. The van der Waals surface area contributed by atoms with Gasteiger partial charge < -0.3 is 14.2 Å². The van der Waals surface area contributed by atoms with Crippen LogP contribution >= 0.6 is 24.0 Å². The number of hydrogen-bond acceptors (Lipinski definition) is 3. The van der Waals surface area contributed by atoms with Crippen LogP contribution < -0.4 is 0 Å². The highest BCUT2D eigenvalue weighted by molar-refractivity contribution is 6.32. The van der Waals surface area contributed by atoms with Crippen LogP contribution in [0.4, 0.5) is 0 Å². The van der Waals surface area contributed by atoms with Gasteiger partial charge in [-0.3, -0.25) is 4.79 Å². The first-order chi connectivity index (χ1) is 13.5. The molecular formula is C23H24Cl2N2O2. The first kappa shape index (κ1) is 21.4. The molecule has 0 atom stereocenters. The van der Waals surface area contributed by atoms with Gasteiger partial charge >= 0.3 is 0 Å². The average Bonchev–Trinajstić information content (AvgIpc) is 2.92. The van der Waals surface area contributed by atoms with Crippen molar-refractivity contribution in [1.29, 1.82) is 0 Å². The SMILES string of the molecule is CN1CCc2c(Cl)ccc3oc(/C=C/C(=O)N(C)Cc4ccccc4)c(c23)C1.Cl. The second kappa shape index (κ2) is 9.04. The van der Waals surface area contributed by atoms with Crippen LogP contribution in [0.1, 0.15) is 22.5 Å². The number of rotatable bonds is 4. The molecular weight excluding hydrogens is 407 g/mol. The van der Waals surface area contributed by atoms with Gasteiger partial charge in [0.25, 0.3) is 0 Å². The van der Waals surface area contributed by atoms with Crippen molar-refractivity contribution in [1.82, 2.24) is 9.80 Å². The summed E-state index contributed by atoms with van der Waals surface area (Å²) in [6, 6.07) is 13.8. The summed E-state index contributed by atoms with van der Waals surface area (Å²) in [5, 5.41) is 1.88. The van der Waals surface area contributed by atoms with Gasteiger partial charge in [-0.25, -0.2) is 0 Å². The molecule has 1 aliphatic heterocycles. The van der Waals surface area contributed by atoms with Crippen LogP contribution in [0.25, 0.3) is 17.0 Å². The molecule has 1 aliphatic rings. The summed E-state index contributed by atoms with van der Waals surface area (Å²) < 4.78 is 6.08. The number of halogens is 2. The second-order valence-electron chi connectivity index (χ2n) is 7.34. The minimum atomic E-state index is -0.0586. The van der Waals surface area contributed by atoms with Crippen LogP contribution in [-0.4, -0.2) is 36.3 Å². The summed E-state index contributed by atoms with van der Waals surface area (Å²) in [5.74, 6) is 0.672. The van der Waals surface area contributed by atoms with Crippen molar-refractivity contribution < 1.29 is 9.21 Å². The molecule has 1 amide bonds. The molecule has 0 unspecified atom stereocenters. The quantitative estimate of drug-likeness (QED) is 0.535. The lowest BCUT2D eigenvalue weighted by molar-refractivity contribution is -0.125. The minimum Gasteiger partial charge on any atom is -0.456 e. The zero-order chi connectivity index (χ0) is 19.7. The maximum atomic E-state index is 12.6. The molecule has 1 aromatic heterocycles. The van der Waals surface area contributed by atoms with Gasteiger partial charge in [-0.1, -0.05) is 41.9 Å². The van der Waals surface area contributed by atoms with E-state index in [1.54, 1.807) is 24.1 Å². The molecule has 3 aromatic rings. The summed E-state index contributed by atoms with van der Waals surface area (Å²) in [7, 11) is 3.89. The monoisotopic (exact) mass is 430 g/mol. The highest BCUT2D eigenvalue weighted by atomic mass is 35.5. The predicted octanol–water partition coefficient (Wildman–Crippen LogP) is 5.17. The third-order valence-electron chi connectivity index (χ3n) is 5.22. The van der Waals surface area contributed by atoms with Gasteiger partial charge in [0.2, 0.25) is 5.91 Å². The molecule has 4 rings (SSSR count). The Bertz CT molecular complexity index is 1040. The number of amides is 1. The number of nitrogens with zero attached hydrogens (tertiary/aromatic N) is 2. The van der Waals surface area contributed by atoms with Gasteiger partial charge in [-0.05, 0) is 42.8 Å². The van der Waals surface area contributed by atoms with Crippen molar-refractivity contribution in [2.45, 2.75) is 19.5 Å². The fourth-order valence-electron chi connectivity index (χ4n) is 3.72. The van der Waals surface area contributed by atoms with Crippen molar-refractivity contribution in [3.8, 4) is 0 Å². The fraction of sp³-hybridized carbons (Fsp3) is 0.261. The number of carbonyl (C=O) groups excluding carboxylic acids is 1. The number of carbonyl (C=O) groups is 1. The van der Waals surface area contributed by atoms with Crippen LogP contribution in [0, 0.1) is 0 Å². The van der Waals surface area contributed by atoms with E-state index in [9.17, 15) is 4.79 Å². The number of benzene rings is 2. The summed E-state index contributed by atoms with van der Waals surface area (Å²) in [4.78, 5) is 16.5. The lowest BCUT2D eigenvalue weighted by Crippen LogP contribution is -2.24. The van der Waals surface area contributed by atoms with Crippen LogP contribution in [0.15, 0.2) is 53.0 Å². The van der Waals surface area contributed by atoms with E-state index >= 15 is 0 Å². The zero-order valence-corrected chi connectivity index (χ0v) is 18.1. The van der Waals surface area contributed by atoms with Crippen LogP contribution in [-0.2, 0) is 24.3 Å². The lowest BCUT2D eigenvalue weighted by Gasteiger charge is -2.15. The maximum absolute atomic E-state index is 12.6. The Labute approximate surface area is 182 Å². The fourth-order valence-corrected chi connectivity index (χ4v) is 3.97. The van der Waals surface area contributed by atoms with Crippen molar-refractivity contribution in [3.05, 3.63) is 76.0 Å². The van der Waals surface area contributed by atoms with Crippen LogP contribution in [0.2, 0.25) is 5.02 Å². The Hall–Kier alpha value is -2.27. The average molecular weight is 431 g/mol. The van der Waals surface area contributed by atoms with Gasteiger partial charge in [-0.2, -0.15) is 0 Å². The molecule has 0 fully saturated rings. The number of likely N-dealkylation sites (N-methyl/N-ethyl adjacent to an activating group) is 2. The summed E-state index contributed by atoms with van der Waals surface area (Å²) in [6.45, 7) is 2.28. The first-order valence-corrected chi connectivity index (χ1v) is 9.79. The Morgan fingerprint density at radius 2 is 1.97 bits per heavy atom. The van der Waals surface area contributed by atoms with Crippen molar-refractivity contribution in [2.24, 2.45) is 0 Å². The second-order valence-corrected chi connectivity index (χ2v) is 7.75. The van der Waals surface area contributed by atoms with Crippen LogP contribution in [0.5, 0.6) is 0 Å². The van der Waals surface area contributed by atoms with Gasteiger partial charge in [0.1, 0.15) is 11.3 Å². The Balaban J connectivity index is 0.00000240. The van der Waals surface area contributed by atoms with E-state index in [-0.39, 0.29) is 18.3 Å². The minimum absolute atomic E-state index is 0. The molecule has 0 aliphatic carbocycles. The topological polar surface area (TPSA) is 36.7 Å². The highest BCUT2D eigenvalue weighted by Crippen LogP contribution is 2.36. The molecule has 2 heterocycles. The molecule has 4 nitrogen and oxygen atoms in total. The van der Waals surface area contributed by atoms with Gasteiger partial charge in [0.15, 0.2) is 0 Å². The molecule has 0 saturated carbocycles. The van der Waals surface area contributed by atoms with Gasteiger partial charge in [0.05, 0.1) is 0 Å². The van der Waals surface area contributed by atoms with Crippen molar-refractivity contribution in [2.75, 3.05) is 20.6 Å². The Morgan fingerprint density at radius 1 is 1.21 bits per heavy atom. The van der Waals surface area contributed by atoms with E-state index in [0.29, 0.717) is 6.54 Å². The standard InChI is InChI=1S/C23H23ClN2O2.ClH/c1-25-13-12-17-19(24)8-9-21-23(17)18(15-25)20(28-21)10-11-22(27)26(2)14-16-6-4-3-5-7-16;/h3-11H,12-15H2,1-2H3;1H/b11-10+;. The zero-order valence-electron chi connectivity index (χ0n) is 16.5. The molecule has 0 spiro atoms. The molecule has 2 aromatic carbocycles. The Morgan fingerprint density at radius 3 is 2.72 bits per heavy atom. The highest BCUT2D eigenvalue weighted by Gasteiger charge is 2.22. The van der Waals surface area contributed by atoms with Gasteiger partial charge in [-0.15, -0.1) is 12.4 Å². The van der Waals surface area contributed by atoms with Gasteiger partial charge in [0, 0.05) is 48.7 Å². The van der Waals surface area contributed by atoms with Crippen molar-refractivity contribution >= 4 is 47.0 Å². The predicted molar refractivity (Wildman–Crippen MR) is 120 cm³/mol. The Kier molecular flexibility index (Phi) is 6.68. The summed E-state index contributed by atoms with van der Waals surface area (Å²) in [6.07, 6.45) is 4.26. The molecule has 6 heteroatoms. The summed E-state index contributed by atoms with van der Waals surface area (Å²) in [5.41, 5.74) is 4.16. The molecule has 152 valence electrons. The van der Waals surface area contributed by atoms with Crippen molar-refractivity contribution in [3.63, 3.8) is 0 Å². The van der Waals surface area contributed by atoms with E-state index in [1.165, 1.54) is 0 Å². The number of hydrogen-bond donors (Lipinski definition) is 0. The summed E-state index contributed by atoms with van der Waals surface area (Å²) >= 11 is 6.45. The third-order valence-corrected chi connectivity index (χ3v) is 5.58. The van der Waals surface area contributed by atoms with E-state index < -0.39 is 0 Å². The van der Waals surface area contributed by atoms with E-state index in [2.05, 4.69) is 11.9 Å². The van der Waals surface area contributed by atoms with E-state index in [4.69, 9.17) is 16.0 Å². The molecule has 0 N–H and O–H groups in total.